The van der Waals surface area contributed by atoms with Crippen LogP contribution in [0.15, 0.2) is 12.1 Å². The number of methoxy groups -OCH3 is 2. The zero-order valence-corrected chi connectivity index (χ0v) is 7.42. The van der Waals surface area contributed by atoms with Crippen LogP contribution in [0.5, 0.6) is 11.8 Å². The monoisotopic (exact) mass is 168 g/mol. The molecule has 0 saturated carbocycles. The SMILES string of the molecule is CNc1cc(OC)nc(OC)c1. The highest BCUT2D eigenvalue weighted by atomic mass is 16.5. The predicted molar refractivity (Wildman–Crippen MR) is 46.9 cm³/mol. The second-order valence-electron chi connectivity index (χ2n) is 2.19. The fraction of sp³-hybridized carbons (Fsp3) is 0.375. The Balaban J connectivity index is 3.01. The summed E-state index contributed by atoms with van der Waals surface area (Å²) in [7, 11) is 4.97. The van der Waals surface area contributed by atoms with Gasteiger partial charge in [0.05, 0.1) is 14.2 Å². The van der Waals surface area contributed by atoms with Crippen LogP contribution in [0.2, 0.25) is 0 Å². The van der Waals surface area contributed by atoms with Crippen LogP contribution >= 0.6 is 0 Å². The predicted octanol–water partition coefficient (Wildman–Crippen LogP) is 1.14. The second-order valence-corrected chi connectivity index (χ2v) is 2.19. The van der Waals surface area contributed by atoms with Gasteiger partial charge in [0.2, 0.25) is 11.8 Å². The van der Waals surface area contributed by atoms with Crippen LogP contribution in [0, 0.1) is 0 Å². The quantitative estimate of drug-likeness (QED) is 0.735. The molecule has 0 radical (unpaired) electrons. The van der Waals surface area contributed by atoms with Gasteiger partial charge >= 0.3 is 0 Å². The van der Waals surface area contributed by atoms with E-state index in [4.69, 9.17) is 9.47 Å². The third-order valence-electron chi connectivity index (χ3n) is 1.49. The number of ether oxygens (including phenoxy) is 2. The average Bonchev–Trinajstić information content (AvgIpc) is 2.16. The van der Waals surface area contributed by atoms with Crippen molar-refractivity contribution in [2.45, 2.75) is 0 Å². The molecule has 1 aromatic rings. The minimum Gasteiger partial charge on any atom is -0.481 e. The summed E-state index contributed by atoms with van der Waals surface area (Å²) in [6.07, 6.45) is 0. The number of nitrogens with one attached hydrogen (secondary N) is 1. The molecule has 0 fully saturated rings. The van der Waals surface area contributed by atoms with Crippen LogP contribution in [-0.4, -0.2) is 26.3 Å². The standard InChI is InChI=1S/C8H12N2O2/c1-9-6-4-7(11-2)10-8(5-6)12-3/h4-5H,1-3H3,(H,9,10). The molecule has 0 spiro atoms. The highest BCUT2D eigenvalue weighted by molar-refractivity contribution is 5.48. The lowest BCUT2D eigenvalue weighted by atomic mass is 10.4. The lowest BCUT2D eigenvalue weighted by molar-refractivity contribution is 0.365. The number of rotatable bonds is 3. The maximum Gasteiger partial charge on any atom is 0.218 e. The molecule has 0 aliphatic carbocycles. The maximum absolute atomic E-state index is 4.97. The van der Waals surface area contributed by atoms with Crippen molar-refractivity contribution in [1.82, 2.24) is 4.98 Å². The van der Waals surface area contributed by atoms with Gasteiger partial charge in [-0.2, -0.15) is 4.98 Å². The Morgan fingerprint density at radius 2 is 1.67 bits per heavy atom. The van der Waals surface area contributed by atoms with Gasteiger partial charge in [0.1, 0.15) is 0 Å². The average molecular weight is 168 g/mol. The third-order valence-corrected chi connectivity index (χ3v) is 1.49. The minimum absolute atomic E-state index is 0.540. The van der Waals surface area contributed by atoms with E-state index in [-0.39, 0.29) is 0 Å². The Morgan fingerprint density at radius 3 is 2.00 bits per heavy atom. The summed E-state index contributed by atoms with van der Waals surface area (Å²) in [4.78, 5) is 4.03. The number of aromatic nitrogens is 1. The molecule has 66 valence electrons. The molecule has 4 heteroatoms. The molecule has 0 saturated heterocycles. The van der Waals surface area contributed by atoms with Crippen LogP contribution in [0.1, 0.15) is 0 Å². The summed E-state index contributed by atoms with van der Waals surface area (Å²) in [5.74, 6) is 1.08. The summed E-state index contributed by atoms with van der Waals surface area (Å²) < 4.78 is 9.94. The molecule has 1 aromatic heterocycles. The van der Waals surface area contributed by atoms with Gasteiger partial charge < -0.3 is 14.8 Å². The van der Waals surface area contributed by atoms with Gasteiger partial charge in [-0.15, -0.1) is 0 Å². The minimum atomic E-state index is 0.540. The van der Waals surface area contributed by atoms with Gasteiger partial charge in [0, 0.05) is 24.9 Å². The molecule has 12 heavy (non-hydrogen) atoms. The molecule has 0 aliphatic heterocycles. The van der Waals surface area contributed by atoms with Crippen LogP contribution in [0.4, 0.5) is 5.69 Å². The topological polar surface area (TPSA) is 43.4 Å². The van der Waals surface area contributed by atoms with Crippen molar-refractivity contribution in [3.63, 3.8) is 0 Å². The van der Waals surface area contributed by atoms with Gasteiger partial charge in [-0.25, -0.2) is 0 Å². The summed E-state index contributed by atoms with van der Waals surface area (Å²) in [5, 5.41) is 2.98. The third kappa shape index (κ3) is 1.78. The molecule has 0 aromatic carbocycles. The van der Waals surface area contributed by atoms with E-state index in [1.807, 2.05) is 7.05 Å². The van der Waals surface area contributed by atoms with E-state index >= 15 is 0 Å². The van der Waals surface area contributed by atoms with Crippen molar-refractivity contribution in [2.75, 3.05) is 26.6 Å². The second kappa shape index (κ2) is 3.80. The fourth-order valence-electron chi connectivity index (χ4n) is 0.834. The first-order chi connectivity index (χ1) is 5.80. The van der Waals surface area contributed by atoms with E-state index in [2.05, 4.69) is 10.3 Å². The molecule has 0 unspecified atom stereocenters. The smallest absolute Gasteiger partial charge is 0.218 e. The van der Waals surface area contributed by atoms with Crippen molar-refractivity contribution in [1.29, 1.82) is 0 Å². The largest absolute Gasteiger partial charge is 0.481 e. The highest BCUT2D eigenvalue weighted by Gasteiger charge is 2.00. The maximum atomic E-state index is 4.97. The van der Waals surface area contributed by atoms with Gasteiger partial charge in [0.15, 0.2) is 0 Å². The van der Waals surface area contributed by atoms with E-state index in [0.717, 1.165) is 5.69 Å². The van der Waals surface area contributed by atoms with E-state index < -0.39 is 0 Å². The van der Waals surface area contributed by atoms with Crippen LogP contribution in [0.25, 0.3) is 0 Å². The molecule has 4 nitrogen and oxygen atoms in total. The Bertz CT molecular complexity index is 208. The van der Waals surface area contributed by atoms with Crippen molar-refractivity contribution < 1.29 is 9.47 Å². The number of pyridine rings is 1. The number of hydrogen-bond donors (Lipinski definition) is 1. The van der Waals surface area contributed by atoms with Gasteiger partial charge in [0.25, 0.3) is 0 Å². The molecule has 1 rings (SSSR count). The first kappa shape index (κ1) is 8.64. The lowest BCUT2D eigenvalue weighted by Gasteiger charge is -2.05. The van der Waals surface area contributed by atoms with Crippen molar-refractivity contribution >= 4 is 5.69 Å². The Kier molecular flexibility index (Phi) is 2.74. The van der Waals surface area contributed by atoms with E-state index in [0.29, 0.717) is 11.8 Å². The molecule has 0 bridgehead atoms. The van der Waals surface area contributed by atoms with E-state index in [1.165, 1.54) is 0 Å². The first-order valence-electron chi connectivity index (χ1n) is 3.58. The molecular weight excluding hydrogens is 156 g/mol. The first-order valence-corrected chi connectivity index (χ1v) is 3.58. The summed E-state index contributed by atoms with van der Waals surface area (Å²) in [6, 6.07) is 3.59. The van der Waals surface area contributed by atoms with Crippen LogP contribution in [0.3, 0.4) is 0 Å². The lowest BCUT2D eigenvalue weighted by Crippen LogP contribution is -1.95. The zero-order chi connectivity index (χ0) is 8.97. The molecule has 0 amide bonds. The van der Waals surface area contributed by atoms with Crippen molar-refractivity contribution in [3.05, 3.63) is 12.1 Å². The van der Waals surface area contributed by atoms with Crippen molar-refractivity contribution in [2.24, 2.45) is 0 Å². The number of nitrogens with zero attached hydrogens (tertiary/aromatic N) is 1. The van der Waals surface area contributed by atoms with E-state index in [1.54, 1.807) is 26.4 Å². The molecule has 1 N–H and O–H groups in total. The van der Waals surface area contributed by atoms with E-state index in [9.17, 15) is 0 Å². The molecule has 0 aliphatic rings. The molecule has 1 heterocycles. The van der Waals surface area contributed by atoms with Gasteiger partial charge in [-0.3, -0.25) is 0 Å². The Morgan fingerprint density at radius 1 is 1.17 bits per heavy atom. The van der Waals surface area contributed by atoms with Crippen LogP contribution in [-0.2, 0) is 0 Å². The van der Waals surface area contributed by atoms with Gasteiger partial charge in [-0.05, 0) is 0 Å². The fourth-order valence-corrected chi connectivity index (χ4v) is 0.834. The summed E-state index contributed by atoms with van der Waals surface area (Å²) >= 11 is 0. The normalized spacial score (nSPS) is 9.25. The molecule has 0 atom stereocenters. The van der Waals surface area contributed by atoms with Crippen molar-refractivity contribution in [3.8, 4) is 11.8 Å². The number of anilines is 1. The summed E-state index contributed by atoms with van der Waals surface area (Å²) in [6.45, 7) is 0. The molecular formula is C8H12N2O2. The Labute approximate surface area is 71.5 Å². The Hall–Kier alpha value is -1.45. The summed E-state index contributed by atoms with van der Waals surface area (Å²) in [5.41, 5.74) is 0.915. The zero-order valence-electron chi connectivity index (χ0n) is 7.42. The highest BCUT2D eigenvalue weighted by Crippen LogP contribution is 2.20. The number of hydrogen-bond acceptors (Lipinski definition) is 4. The van der Waals surface area contributed by atoms with Gasteiger partial charge in [-0.1, -0.05) is 0 Å². The van der Waals surface area contributed by atoms with Crippen LogP contribution < -0.4 is 14.8 Å².